The normalized spacial score (nSPS) is 14.4. The number of hydrogen-bond acceptors (Lipinski definition) is 2. The summed E-state index contributed by atoms with van der Waals surface area (Å²) in [5.41, 5.74) is 0.598. The minimum absolute atomic E-state index is 0.172. The van der Waals surface area contributed by atoms with Gasteiger partial charge in [-0.15, -0.1) is 0 Å². The van der Waals surface area contributed by atoms with Crippen LogP contribution in [-0.2, 0) is 6.61 Å². The lowest BCUT2D eigenvalue weighted by Gasteiger charge is -2.40. The summed E-state index contributed by atoms with van der Waals surface area (Å²) < 4.78 is 69.6. The van der Waals surface area contributed by atoms with E-state index in [0.717, 1.165) is 17.5 Å². The quantitative estimate of drug-likeness (QED) is 0.331. The number of carbonyl (C=O) groups is 1. The second kappa shape index (κ2) is 5.69. The number of ketones is 1. The van der Waals surface area contributed by atoms with Crippen molar-refractivity contribution >= 4 is 26.8 Å². The third-order valence-corrected chi connectivity index (χ3v) is 5.17. The van der Waals surface area contributed by atoms with E-state index in [1.54, 1.807) is 24.3 Å². The summed E-state index contributed by atoms with van der Waals surface area (Å²) in [6, 6.07) is 13.1. The maximum absolute atomic E-state index is 12.8. The Morgan fingerprint density at radius 2 is 1.52 bits per heavy atom. The average Bonchev–Trinajstić information content (AvgIpc) is 2.57. The third kappa shape index (κ3) is 4.21. The molecule has 0 radical (unpaired) electrons. The molecule has 0 heterocycles. The molecular weight excluding hydrogens is 387 g/mol. The van der Waals surface area contributed by atoms with E-state index in [1.165, 1.54) is 6.92 Å². The SMILES string of the molecule is CC(=O)c1ccc2ccccc2c1OCc1ccc(S(F)(F)(F)(F)F)cc1. The van der Waals surface area contributed by atoms with Gasteiger partial charge >= 0.3 is 10.2 Å². The zero-order valence-electron chi connectivity index (χ0n) is 14.1. The molecule has 27 heavy (non-hydrogen) atoms. The van der Waals surface area contributed by atoms with Crippen LogP contribution in [0.5, 0.6) is 5.75 Å². The number of hydrogen-bond donors (Lipinski definition) is 0. The maximum Gasteiger partial charge on any atom is 0.310 e. The molecule has 3 rings (SSSR count). The first-order chi connectivity index (χ1) is 12.3. The molecule has 3 aromatic rings. The monoisotopic (exact) mass is 402 g/mol. The van der Waals surface area contributed by atoms with Gasteiger partial charge in [0.2, 0.25) is 0 Å². The summed E-state index contributed by atoms with van der Waals surface area (Å²) in [7, 11) is -9.70. The van der Waals surface area contributed by atoms with Crippen molar-refractivity contribution < 1.29 is 29.0 Å². The van der Waals surface area contributed by atoms with E-state index in [0.29, 0.717) is 28.8 Å². The topological polar surface area (TPSA) is 26.3 Å². The first-order valence-electron chi connectivity index (χ1n) is 7.84. The Kier molecular flexibility index (Phi) is 4.04. The average molecular weight is 402 g/mol. The Bertz CT molecular complexity index is 1030. The van der Waals surface area contributed by atoms with Gasteiger partial charge in [0.1, 0.15) is 17.3 Å². The van der Waals surface area contributed by atoms with Crippen LogP contribution in [0.25, 0.3) is 10.8 Å². The molecule has 144 valence electrons. The third-order valence-electron chi connectivity index (χ3n) is 4.01. The van der Waals surface area contributed by atoms with Gasteiger partial charge in [-0.3, -0.25) is 4.79 Å². The van der Waals surface area contributed by atoms with Crippen molar-refractivity contribution in [1.29, 1.82) is 0 Å². The molecule has 0 saturated heterocycles. The molecule has 0 atom stereocenters. The van der Waals surface area contributed by atoms with Gasteiger partial charge in [0.15, 0.2) is 5.78 Å². The van der Waals surface area contributed by atoms with Crippen molar-refractivity contribution in [1.82, 2.24) is 0 Å². The number of halogens is 5. The molecule has 0 N–H and O–H groups in total. The molecule has 2 nitrogen and oxygen atoms in total. The fourth-order valence-electron chi connectivity index (χ4n) is 2.67. The molecule has 0 fully saturated rings. The fraction of sp³-hybridized carbons (Fsp3) is 0.105. The van der Waals surface area contributed by atoms with Crippen LogP contribution >= 0.6 is 10.2 Å². The highest BCUT2D eigenvalue weighted by Gasteiger charge is 2.65. The van der Waals surface area contributed by atoms with Crippen LogP contribution < -0.4 is 4.74 Å². The minimum Gasteiger partial charge on any atom is -0.487 e. The van der Waals surface area contributed by atoms with Gasteiger partial charge in [-0.2, -0.15) is 0 Å². The number of fused-ring (bicyclic) bond motifs is 1. The highest BCUT2D eigenvalue weighted by atomic mass is 32.5. The van der Waals surface area contributed by atoms with Crippen LogP contribution in [0.2, 0.25) is 0 Å². The lowest BCUT2D eigenvalue weighted by molar-refractivity contribution is 0.101. The van der Waals surface area contributed by atoms with E-state index in [9.17, 15) is 24.2 Å². The highest BCUT2D eigenvalue weighted by molar-refractivity contribution is 8.45. The number of benzene rings is 3. The summed E-state index contributed by atoms with van der Waals surface area (Å²) >= 11 is 0. The van der Waals surface area contributed by atoms with Crippen LogP contribution in [0, 0.1) is 0 Å². The Morgan fingerprint density at radius 3 is 2.11 bits per heavy atom. The van der Waals surface area contributed by atoms with E-state index in [2.05, 4.69) is 0 Å². The van der Waals surface area contributed by atoms with E-state index in [-0.39, 0.29) is 18.0 Å². The molecule has 0 aliphatic rings. The second-order valence-corrected chi connectivity index (χ2v) is 8.53. The predicted octanol–water partition coefficient (Wildman–Crippen LogP) is 7.28. The van der Waals surface area contributed by atoms with Crippen molar-refractivity contribution in [3.63, 3.8) is 0 Å². The first-order valence-corrected chi connectivity index (χ1v) is 9.79. The van der Waals surface area contributed by atoms with Crippen molar-refractivity contribution in [2.45, 2.75) is 18.4 Å². The van der Waals surface area contributed by atoms with Crippen LogP contribution in [-0.4, -0.2) is 5.78 Å². The Labute approximate surface area is 152 Å². The Balaban J connectivity index is 1.92. The summed E-state index contributed by atoms with van der Waals surface area (Å²) in [5, 5.41) is 1.50. The van der Waals surface area contributed by atoms with E-state index in [4.69, 9.17) is 4.74 Å². The predicted molar refractivity (Wildman–Crippen MR) is 96.1 cm³/mol. The number of carbonyl (C=O) groups excluding carboxylic acids is 1. The Morgan fingerprint density at radius 1 is 0.889 bits per heavy atom. The number of ether oxygens (including phenoxy) is 1. The van der Waals surface area contributed by atoms with Gasteiger partial charge < -0.3 is 4.74 Å². The van der Waals surface area contributed by atoms with Crippen LogP contribution in [0.1, 0.15) is 22.8 Å². The molecule has 0 aromatic heterocycles. The van der Waals surface area contributed by atoms with Crippen LogP contribution in [0.3, 0.4) is 0 Å². The molecule has 0 aliphatic heterocycles. The van der Waals surface area contributed by atoms with Gasteiger partial charge in [-0.25, -0.2) is 0 Å². The molecule has 3 aromatic carbocycles. The molecule has 8 heteroatoms. The second-order valence-electron chi connectivity index (χ2n) is 6.12. The first kappa shape index (κ1) is 19.2. The summed E-state index contributed by atoms with van der Waals surface area (Å²) in [6.45, 7) is 1.20. The molecule has 0 saturated carbocycles. The van der Waals surface area contributed by atoms with Crippen molar-refractivity contribution in [3.05, 3.63) is 71.8 Å². The Hall–Kier alpha value is -2.61. The van der Waals surface area contributed by atoms with Crippen LogP contribution in [0.4, 0.5) is 19.4 Å². The molecule has 0 spiro atoms. The summed E-state index contributed by atoms with van der Waals surface area (Å²) in [6.07, 6.45) is 0. The fourth-order valence-corrected chi connectivity index (χ4v) is 3.32. The lowest BCUT2D eigenvalue weighted by atomic mass is 10.0. The van der Waals surface area contributed by atoms with Gasteiger partial charge in [0, 0.05) is 5.39 Å². The van der Waals surface area contributed by atoms with Gasteiger partial charge in [-0.05, 0) is 36.1 Å². The van der Waals surface area contributed by atoms with E-state index >= 15 is 0 Å². The molecule has 0 bridgehead atoms. The van der Waals surface area contributed by atoms with E-state index in [1.807, 2.05) is 12.1 Å². The van der Waals surface area contributed by atoms with E-state index < -0.39 is 15.1 Å². The summed E-state index contributed by atoms with van der Waals surface area (Å²) in [5.74, 6) is 0.0735. The maximum atomic E-state index is 12.8. The summed E-state index contributed by atoms with van der Waals surface area (Å²) in [4.78, 5) is 9.91. The van der Waals surface area contributed by atoms with Gasteiger partial charge in [-0.1, -0.05) is 61.9 Å². The smallest absolute Gasteiger partial charge is 0.310 e. The van der Waals surface area contributed by atoms with Gasteiger partial charge in [0.05, 0.1) is 5.56 Å². The molecular formula is C19H15F5O2S. The van der Waals surface area contributed by atoms with Crippen molar-refractivity contribution in [2.24, 2.45) is 0 Å². The molecule has 0 amide bonds. The zero-order valence-corrected chi connectivity index (χ0v) is 14.9. The number of rotatable bonds is 5. The van der Waals surface area contributed by atoms with Crippen LogP contribution in [0.15, 0.2) is 65.6 Å². The van der Waals surface area contributed by atoms with Gasteiger partial charge in [0.25, 0.3) is 0 Å². The largest absolute Gasteiger partial charge is 0.487 e. The minimum atomic E-state index is -9.70. The standard InChI is InChI=1S/C19H15F5O2S/c1-13(25)17-11-8-15-4-2-3-5-18(15)19(17)26-12-14-6-9-16(10-7-14)27(20,21,22,23)24/h2-11H,12H2,1H3. The van der Waals surface area contributed by atoms with Crippen molar-refractivity contribution in [2.75, 3.05) is 0 Å². The molecule has 0 aliphatic carbocycles. The van der Waals surface area contributed by atoms with Crippen molar-refractivity contribution in [3.8, 4) is 5.75 Å². The highest BCUT2D eigenvalue weighted by Crippen LogP contribution is 3.02. The number of Topliss-reactive ketones (excluding diaryl/α,β-unsaturated/α-hetero) is 1. The zero-order chi connectivity index (χ0) is 19.9. The lowest BCUT2D eigenvalue weighted by Crippen LogP contribution is -2.06. The molecule has 0 unspecified atom stereocenters.